The quantitative estimate of drug-likeness (QED) is 0.721. The third kappa shape index (κ3) is 4.38. The number of methoxy groups -OCH3 is 1. The van der Waals surface area contributed by atoms with Gasteiger partial charge in [-0.25, -0.2) is 18.1 Å². The Balaban J connectivity index is 2.62. The highest BCUT2D eigenvalue weighted by atomic mass is 79.9. The summed E-state index contributed by atoms with van der Waals surface area (Å²) in [5, 5.41) is 0.0893. The molecular formula is C9H16BrN3O3S. The van der Waals surface area contributed by atoms with Gasteiger partial charge in [0.2, 0.25) is 0 Å². The SMILES string of the molecule is CCc1ncc(S(=O)(=O)NCC(Br)COC)[nH]1. The smallest absolute Gasteiger partial charge is 0.257 e. The van der Waals surface area contributed by atoms with E-state index in [1.165, 1.54) is 6.20 Å². The third-order valence-electron chi connectivity index (χ3n) is 2.07. The van der Waals surface area contributed by atoms with Crippen molar-refractivity contribution in [2.24, 2.45) is 0 Å². The van der Waals surface area contributed by atoms with Crippen LogP contribution in [0, 0.1) is 0 Å². The molecule has 0 aliphatic rings. The Hall–Kier alpha value is -0.440. The lowest BCUT2D eigenvalue weighted by Crippen LogP contribution is -2.31. The zero-order valence-corrected chi connectivity index (χ0v) is 12.1. The third-order valence-corrected chi connectivity index (χ3v) is 3.99. The van der Waals surface area contributed by atoms with Gasteiger partial charge in [-0.1, -0.05) is 22.9 Å². The molecule has 0 aliphatic heterocycles. The Morgan fingerprint density at radius 2 is 2.35 bits per heavy atom. The maximum atomic E-state index is 11.8. The molecule has 0 bridgehead atoms. The Bertz CT molecular complexity index is 446. The molecule has 8 heteroatoms. The minimum absolute atomic E-state index is 0.0594. The number of imidazole rings is 1. The van der Waals surface area contributed by atoms with E-state index in [0.717, 1.165) is 0 Å². The number of nitrogens with one attached hydrogen (secondary N) is 2. The van der Waals surface area contributed by atoms with Crippen LogP contribution in [0.15, 0.2) is 11.2 Å². The number of halogens is 1. The van der Waals surface area contributed by atoms with Crippen LogP contribution in [0.1, 0.15) is 12.7 Å². The van der Waals surface area contributed by atoms with Crippen molar-refractivity contribution < 1.29 is 13.2 Å². The van der Waals surface area contributed by atoms with E-state index in [9.17, 15) is 8.42 Å². The van der Waals surface area contributed by atoms with Crippen LogP contribution < -0.4 is 4.72 Å². The van der Waals surface area contributed by atoms with Crippen LogP contribution in [0.5, 0.6) is 0 Å². The van der Waals surface area contributed by atoms with E-state index in [1.54, 1.807) is 7.11 Å². The molecule has 0 aromatic carbocycles. The number of alkyl halides is 1. The van der Waals surface area contributed by atoms with Gasteiger partial charge >= 0.3 is 0 Å². The maximum absolute atomic E-state index is 11.8. The molecule has 1 atom stereocenters. The monoisotopic (exact) mass is 325 g/mol. The summed E-state index contributed by atoms with van der Waals surface area (Å²) in [5.41, 5.74) is 0. The van der Waals surface area contributed by atoms with E-state index in [-0.39, 0.29) is 16.4 Å². The molecular weight excluding hydrogens is 310 g/mol. The van der Waals surface area contributed by atoms with Gasteiger partial charge in [-0.2, -0.15) is 0 Å². The number of hydrogen-bond acceptors (Lipinski definition) is 4. The molecule has 1 unspecified atom stereocenters. The zero-order chi connectivity index (χ0) is 12.9. The molecule has 0 saturated carbocycles. The van der Waals surface area contributed by atoms with Crippen molar-refractivity contribution in [3.63, 3.8) is 0 Å². The second kappa shape index (κ2) is 6.48. The van der Waals surface area contributed by atoms with E-state index >= 15 is 0 Å². The highest BCUT2D eigenvalue weighted by Crippen LogP contribution is 2.07. The van der Waals surface area contributed by atoms with Gasteiger partial charge in [-0.3, -0.25) is 0 Å². The molecule has 98 valence electrons. The fourth-order valence-corrected chi connectivity index (χ4v) is 2.84. The summed E-state index contributed by atoms with van der Waals surface area (Å²) in [4.78, 5) is 6.64. The second-order valence-corrected chi connectivity index (χ2v) is 6.48. The molecule has 6 nitrogen and oxygen atoms in total. The summed E-state index contributed by atoms with van der Waals surface area (Å²) >= 11 is 3.30. The lowest BCUT2D eigenvalue weighted by atomic mass is 10.5. The molecule has 0 amide bonds. The van der Waals surface area contributed by atoms with Crippen LogP contribution in [0.25, 0.3) is 0 Å². The average molecular weight is 326 g/mol. The molecule has 1 aromatic rings. The van der Waals surface area contributed by atoms with E-state index in [4.69, 9.17) is 4.74 Å². The van der Waals surface area contributed by atoms with Crippen LogP contribution >= 0.6 is 15.9 Å². The summed E-state index contributed by atoms with van der Waals surface area (Å²) in [7, 11) is -1.96. The van der Waals surface area contributed by atoms with E-state index in [1.807, 2.05) is 6.92 Å². The van der Waals surface area contributed by atoms with Crippen molar-refractivity contribution in [1.82, 2.24) is 14.7 Å². The standard InChI is InChI=1S/C9H16BrN3O3S/c1-3-8-11-5-9(13-8)17(14,15)12-4-7(10)6-16-2/h5,7,12H,3-4,6H2,1-2H3,(H,11,13). The topological polar surface area (TPSA) is 84.1 Å². The molecule has 0 spiro atoms. The number of nitrogens with zero attached hydrogens (tertiary/aromatic N) is 1. The van der Waals surface area contributed by atoms with Crippen molar-refractivity contribution in [1.29, 1.82) is 0 Å². The van der Waals surface area contributed by atoms with Crippen molar-refractivity contribution in [2.75, 3.05) is 20.3 Å². The van der Waals surface area contributed by atoms with Gasteiger partial charge in [0, 0.05) is 20.1 Å². The average Bonchev–Trinajstić information content (AvgIpc) is 2.76. The van der Waals surface area contributed by atoms with Crippen LogP contribution in [-0.2, 0) is 21.2 Å². The molecule has 0 saturated heterocycles. The largest absolute Gasteiger partial charge is 0.383 e. The minimum atomic E-state index is -3.52. The van der Waals surface area contributed by atoms with Gasteiger partial charge in [0.15, 0.2) is 5.03 Å². The maximum Gasteiger partial charge on any atom is 0.257 e. The van der Waals surface area contributed by atoms with Crippen molar-refractivity contribution in [3.05, 3.63) is 12.0 Å². The van der Waals surface area contributed by atoms with E-state index in [2.05, 4.69) is 30.6 Å². The minimum Gasteiger partial charge on any atom is -0.383 e. The lowest BCUT2D eigenvalue weighted by molar-refractivity contribution is 0.201. The van der Waals surface area contributed by atoms with Gasteiger partial charge in [-0.05, 0) is 0 Å². The Morgan fingerprint density at radius 3 is 2.88 bits per heavy atom. The van der Waals surface area contributed by atoms with Gasteiger partial charge < -0.3 is 9.72 Å². The predicted octanol–water partition coefficient (Wildman–Crippen LogP) is 0.660. The van der Waals surface area contributed by atoms with Crippen LogP contribution in [0.3, 0.4) is 0 Å². The Kier molecular flexibility index (Phi) is 5.57. The summed E-state index contributed by atoms with van der Waals surface area (Å²) in [5.74, 6) is 0.651. The van der Waals surface area contributed by atoms with Crippen molar-refractivity contribution >= 4 is 26.0 Å². The normalized spacial score (nSPS) is 13.8. The fraction of sp³-hybridized carbons (Fsp3) is 0.667. The number of aromatic amines is 1. The van der Waals surface area contributed by atoms with Gasteiger partial charge in [0.25, 0.3) is 10.0 Å². The van der Waals surface area contributed by atoms with Gasteiger partial charge in [0.05, 0.1) is 17.6 Å². The molecule has 17 heavy (non-hydrogen) atoms. The molecule has 1 heterocycles. The first-order chi connectivity index (χ1) is 7.99. The van der Waals surface area contributed by atoms with Crippen molar-refractivity contribution in [2.45, 2.75) is 23.2 Å². The van der Waals surface area contributed by atoms with Gasteiger partial charge in [0.1, 0.15) is 5.82 Å². The molecule has 0 fully saturated rings. The second-order valence-electron chi connectivity index (χ2n) is 3.45. The zero-order valence-electron chi connectivity index (χ0n) is 9.73. The predicted molar refractivity (Wildman–Crippen MR) is 67.7 cm³/mol. The fourth-order valence-electron chi connectivity index (χ4n) is 1.18. The molecule has 0 radical (unpaired) electrons. The first-order valence-corrected chi connectivity index (χ1v) is 7.56. The Labute approximate surface area is 109 Å². The number of hydrogen-bond donors (Lipinski definition) is 2. The highest BCUT2D eigenvalue weighted by molar-refractivity contribution is 9.09. The number of rotatable bonds is 7. The first-order valence-electron chi connectivity index (χ1n) is 5.16. The first kappa shape index (κ1) is 14.6. The Morgan fingerprint density at radius 1 is 1.65 bits per heavy atom. The molecule has 1 aromatic heterocycles. The number of aromatic nitrogens is 2. The van der Waals surface area contributed by atoms with E-state index < -0.39 is 10.0 Å². The lowest BCUT2D eigenvalue weighted by Gasteiger charge is -2.09. The van der Waals surface area contributed by atoms with E-state index in [0.29, 0.717) is 18.9 Å². The van der Waals surface area contributed by atoms with Gasteiger partial charge in [-0.15, -0.1) is 0 Å². The molecule has 1 rings (SSSR count). The summed E-state index contributed by atoms with van der Waals surface area (Å²) in [6.07, 6.45) is 1.99. The number of aryl methyl sites for hydroxylation is 1. The highest BCUT2D eigenvalue weighted by Gasteiger charge is 2.18. The number of sulfonamides is 1. The summed E-state index contributed by atoms with van der Waals surface area (Å²) in [6, 6.07) is 0. The van der Waals surface area contributed by atoms with Crippen LogP contribution in [0.4, 0.5) is 0 Å². The number of ether oxygens (including phenoxy) is 1. The molecule has 2 N–H and O–H groups in total. The summed E-state index contributed by atoms with van der Waals surface area (Å²) < 4.78 is 31.0. The van der Waals surface area contributed by atoms with Crippen LogP contribution in [-0.4, -0.2) is 43.5 Å². The van der Waals surface area contributed by atoms with Crippen LogP contribution in [0.2, 0.25) is 0 Å². The molecule has 0 aliphatic carbocycles. The van der Waals surface area contributed by atoms with Crippen molar-refractivity contribution in [3.8, 4) is 0 Å². The summed E-state index contributed by atoms with van der Waals surface area (Å²) in [6.45, 7) is 2.60. The number of H-pyrrole nitrogens is 1.